The second-order valence-corrected chi connectivity index (χ2v) is 6.13. The molecule has 0 unspecified atom stereocenters. The Labute approximate surface area is 145 Å². The van der Waals surface area contributed by atoms with Crippen LogP contribution >= 0.6 is 24.0 Å². The zero-order chi connectivity index (χ0) is 15.3. The second-order valence-electron chi connectivity index (χ2n) is 4.04. The zero-order valence-corrected chi connectivity index (χ0v) is 16.3. The van der Waals surface area contributed by atoms with E-state index in [1.165, 1.54) is 0 Å². The van der Waals surface area contributed by atoms with Crippen molar-refractivity contribution in [1.29, 1.82) is 0 Å². The fourth-order valence-electron chi connectivity index (χ4n) is 1.33. The summed E-state index contributed by atoms with van der Waals surface area (Å²) in [6.07, 6.45) is 0.668. The molecule has 0 fully saturated rings. The van der Waals surface area contributed by atoms with Gasteiger partial charge in [0, 0.05) is 32.8 Å². The van der Waals surface area contributed by atoms with Crippen molar-refractivity contribution >= 4 is 40.0 Å². The van der Waals surface area contributed by atoms with Gasteiger partial charge >= 0.3 is 0 Å². The third kappa shape index (κ3) is 14.6. The molecule has 0 amide bonds. The molecule has 0 spiro atoms. The molecule has 0 aliphatic carbocycles. The number of nitrogens with zero attached hydrogens (tertiary/aromatic N) is 1. The summed E-state index contributed by atoms with van der Waals surface area (Å²) in [4.78, 5) is 4.36. The predicted molar refractivity (Wildman–Crippen MR) is 98.0 cm³/mol. The van der Waals surface area contributed by atoms with E-state index in [1.807, 2.05) is 13.8 Å². The summed E-state index contributed by atoms with van der Waals surface area (Å²) in [6.45, 7) is 9.36. The third-order valence-electron chi connectivity index (χ3n) is 2.39. The Morgan fingerprint density at radius 2 is 1.86 bits per heavy atom. The van der Waals surface area contributed by atoms with Crippen LogP contribution in [0.25, 0.3) is 0 Å². The van der Waals surface area contributed by atoms with Crippen molar-refractivity contribution < 1.29 is 13.2 Å². The van der Waals surface area contributed by atoms with E-state index >= 15 is 0 Å². The lowest BCUT2D eigenvalue weighted by atomic mass is 10.4. The number of ether oxygens (including phenoxy) is 1. The summed E-state index contributed by atoms with van der Waals surface area (Å²) in [6, 6.07) is 0. The van der Waals surface area contributed by atoms with Crippen LogP contribution in [0.5, 0.6) is 0 Å². The SMILES string of the molecule is CCNC(=NCCCNS(=O)(=O)CC)NCCOCC.I. The highest BCUT2D eigenvalue weighted by molar-refractivity contribution is 14.0. The highest BCUT2D eigenvalue weighted by Gasteiger charge is 2.04. The molecule has 0 saturated heterocycles. The van der Waals surface area contributed by atoms with Crippen molar-refractivity contribution in [2.24, 2.45) is 4.99 Å². The van der Waals surface area contributed by atoms with Crippen LogP contribution in [0.1, 0.15) is 27.2 Å². The minimum atomic E-state index is -3.10. The minimum absolute atomic E-state index is 0. The van der Waals surface area contributed by atoms with Gasteiger partial charge in [-0.25, -0.2) is 13.1 Å². The van der Waals surface area contributed by atoms with Gasteiger partial charge in [-0.1, -0.05) is 0 Å². The summed E-state index contributed by atoms with van der Waals surface area (Å²) in [7, 11) is -3.10. The van der Waals surface area contributed by atoms with Crippen LogP contribution in [-0.4, -0.2) is 59.5 Å². The Kier molecular flexibility index (Phi) is 16.3. The Morgan fingerprint density at radius 1 is 1.14 bits per heavy atom. The molecule has 7 nitrogen and oxygen atoms in total. The number of guanidine groups is 1. The van der Waals surface area contributed by atoms with Gasteiger partial charge in [-0.15, -0.1) is 24.0 Å². The lowest BCUT2D eigenvalue weighted by molar-refractivity contribution is 0.152. The summed E-state index contributed by atoms with van der Waals surface area (Å²) in [5.41, 5.74) is 0. The first-order valence-corrected chi connectivity index (χ1v) is 8.78. The first-order valence-electron chi connectivity index (χ1n) is 7.13. The molecule has 0 aliphatic rings. The quantitative estimate of drug-likeness (QED) is 0.190. The maximum atomic E-state index is 11.2. The van der Waals surface area contributed by atoms with Crippen molar-refractivity contribution in [2.75, 3.05) is 45.1 Å². The standard InChI is InChI=1S/C12H28N4O3S.HI/c1-4-13-12(15-10-11-19-5-2)14-8-7-9-16-20(17,18)6-3;/h16H,4-11H2,1-3H3,(H2,13,14,15);1H. The molecule has 0 rings (SSSR count). The van der Waals surface area contributed by atoms with E-state index in [0.29, 0.717) is 39.3 Å². The van der Waals surface area contributed by atoms with E-state index in [1.54, 1.807) is 6.92 Å². The monoisotopic (exact) mass is 436 g/mol. The molecule has 0 aromatic carbocycles. The average molecular weight is 436 g/mol. The Bertz CT molecular complexity index is 364. The fourth-order valence-corrected chi connectivity index (χ4v) is 1.99. The summed E-state index contributed by atoms with van der Waals surface area (Å²) in [5.74, 6) is 0.836. The van der Waals surface area contributed by atoms with Crippen LogP contribution in [0.3, 0.4) is 0 Å². The van der Waals surface area contributed by atoms with E-state index in [4.69, 9.17) is 4.74 Å². The number of halogens is 1. The van der Waals surface area contributed by atoms with Gasteiger partial charge in [-0.3, -0.25) is 4.99 Å². The van der Waals surface area contributed by atoms with Crippen molar-refractivity contribution in [3.8, 4) is 0 Å². The largest absolute Gasteiger partial charge is 0.380 e. The molecule has 0 aromatic heterocycles. The minimum Gasteiger partial charge on any atom is -0.380 e. The van der Waals surface area contributed by atoms with E-state index < -0.39 is 10.0 Å². The van der Waals surface area contributed by atoms with Crippen LogP contribution in [-0.2, 0) is 14.8 Å². The smallest absolute Gasteiger partial charge is 0.211 e. The van der Waals surface area contributed by atoms with Crippen molar-refractivity contribution in [3.63, 3.8) is 0 Å². The zero-order valence-electron chi connectivity index (χ0n) is 13.1. The van der Waals surface area contributed by atoms with Crippen molar-refractivity contribution in [2.45, 2.75) is 27.2 Å². The van der Waals surface area contributed by atoms with Gasteiger partial charge in [0.1, 0.15) is 0 Å². The highest BCUT2D eigenvalue weighted by atomic mass is 127. The summed E-state index contributed by atoms with van der Waals surface area (Å²) in [5, 5.41) is 6.27. The number of hydrogen-bond donors (Lipinski definition) is 3. The molecule has 21 heavy (non-hydrogen) atoms. The maximum absolute atomic E-state index is 11.2. The molecule has 0 radical (unpaired) electrons. The molecular weight excluding hydrogens is 407 g/mol. The number of hydrogen-bond acceptors (Lipinski definition) is 4. The van der Waals surface area contributed by atoms with Crippen LogP contribution < -0.4 is 15.4 Å². The van der Waals surface area contributed by atoms with Gasteiger partial charge in [-0.05, 0) is 27.2 Å². The number of sulfonamides is 1. The van der Waals surface area contributed by atoms with Gasteiger partial charge in [0.05, 0.1) is 12.4 Å². The molecule has 0 aliphatic heterocycles. The Morgan fingerprint density at radius 3 is 2.43 bits per heavy atom. The van der Waals surface area contributed by atoms with Gasteiger partial charge in [0.2, 0.25) is 10.0 Å². The molecule has 0 bridgehead atoms. The molecule has 0 atom stereocenters. The third-order valence-corrected chi connectivity index (χ3v) is 3.80. The molecule has 0 heterocycles. The molecule has 128 valence electrons. The van der Waals surface area contributed by atoms with Crippen LogP contribution in [0.2, 0.25) is 0 Å². The van der Waals surface area contributed by atoms with Gasteiger partial charge in [-0.2, -0.15) is 0 Å². The fraction of sp³-hybridized carbons (Fsp3) is 0.917. The predicted octanol–water partition coefficient (Wildman–Crippen LogP) is 0.525. The van der Waals surface area contributed by atoms with Crippen LogP contribution in [0.4, 0.5) is 0 Å². The second kappa shape index (κ2) is 14.8. The number of rotatable bonds is 11. The van der Waals surface area contributed by atoms with E-state index in [2.05, 4.69) is 20.3 Å². The Hall–Kier alpha value is -0.130. The summed E-state index contributed by atoms with van der Waals surface area (Å²) < 4.78 is 30.2. The normalized spacial score (nSPS) is 11.9. The van der Waals surface area contributed by atoms with Crippen molar-refractivity contribution in [3.05, 3.63) is 0 Å². The molecular formula is C12H29IN4O3S. The lowest BCUT2D eigenvalue weighted by Crippen LogP contribution is -2.39. The first kappa shape index (κ1) is 23.1. The number of nitrogens with one attached hydrogen (secondary N) is 3. The highest BCUT2D eigenvalue weighted by Crippen LogP contribution is 1.85. The molecule has 0 saturated carbocycles. The maximum Gasteiger partial charge on any atom is 0.211 e. The average Bonchev–Trinajstić information content (AvgIpc) is 2.43. The van der Waals surface area contributed by atoms with Crippen molar-refractivity contribution in [1.82, 2.24) is 15.4 Å². The van der Waals surface area contributed by atoms with E-state index in [-0.39, 0.29) is 29.7 Å². The van der Waals surface area contributed by atoms with Gasteiger partial charge in [0.15, 0.2) is 5.96 Å². The molecule has 0 aromatic rings. The van der Waals surface area contributed by atoms with E-state index in [9.17, 15) is 8.42 Å². The first-order chi connectivity index (χ1) is 9.55. The molecule has 3 N–H and O–H groups in total. The van der Waals surface area contributed by atoms with Gasteiger partial charge < -0.3 is 15.4 Å². The van der Waals surface area contributed by atoms with Crippen LogP contribution in [0, 0.1) is 0 Å². The molecule has 9 heteroatoms. The Balaban J connectivity index is 0. The topological polar surface area (TPSA) is 91.8 Å². The number of aliphatic imine (C=N–C) groups is 1. The van der Waals surface area contributed by atoms with E-state index in [0.717, 1.165) is 12.5 Å². The lowest BCUT2D eigenvalue weighted by Gasteiger charge is -2.11. The summed E-state index contributed by atoms with van der Waals surface area (Å²) >= 11 is 0. The van der Waals surface area contributed by atoms with Crippen LogP contribution in [0.15, 0.2) is 4.99 Å². The van der Waals surface area contributed by atoms with Gasteiger partial charge in [0.25, 0.3) is 0 Å².